The fourth-order valence-electron chi connectivity index (χ4n) is 1.87. The van der Waals surface area contributed by atoms with Crippen molar-refractivity contribution in [1.29, 1.82) is 0 Å². The highest BCUT2D eigenvalue weighted by Crippen LogP contribution is 2.30. The minimum absolute atomic E-state index is 0.358. The SMILES string of the molecule is COc1cc(CC(O)c2ccc(Br)cc2OC)ncn1. The number of benzene rings is 1. The van der Waals surface area contributed by atoms with Crippen LogP contribution in [-0.4, -0.2) is 29.3 Å². The first-order chi connectivity index (χ1) is 9.63. The van der Waals surface area contributed by atoms with Gasteiger partial charge in [-0.25, -0.2) is 9.97 Å². The lowest BCUT2D eigenvalue weighted by atomic mass is 10.0. The lowest BCUT2D eigenvalue weighted by molar-refractivity contribution is 0.172. The zero-order chi connectivity index (χ0) is 14.5. The molecule has 0 bridgehead atoms. The largest absolute Gasteiger partial charge is 0.496 e. The molecule has 6 heteroatoms. The first-order valence-corrected chi connectivity index (χ1v) is 6.79. The highest BCUT2D eigenvalue weighted by Gasteiger charge is 2.15. The molecule has 5 nitrogen and oxygen atoms in total. The van der Waals surface area contributed by atoms with Gasteiger partial charge >= 0.3 is 0 Å². The Labute approximate surface area is 125 Å². The first kappa shape index (κ1) is 14.7. The van der Waals surface area contributed by atoms with E-state index in [0.717, 1.165) is 4.47 Å². The van der Waals surface area contributed by atoms with Crippen LogP contribution in [0.4, 0.5) is 0 Å². The molecule has 0 saturated heterocycles. The summed E-state index contributed by atoms with van der Waals surface area (Å²) in [7, 11) is 3.12. The van der Waals surface area contributed by atoms with Gasteiger partial charge in [0.05, 0.1) is 26.0 Å². The third-order valence-corrected chi connectivity index (χ3v) is 3.36. The van der Waals surface area contributed by atoms with Crippen molar-refractivity contribution >= 4 is 15.9 Å². The van der Waals surface area contributed by atoms with Crippen LogP contribution in [0.25, 0.3) is 0 Å². The Balaban J connectivity index is 2.21. The van der Waals surface area contributed by atoms with Crippen molar-refractivity contribution in [3.63, 3.8) is 0 Å². The molecule has 0 radical (unpaired) electrons. The summed E-state index contributed by atoms with van der Waals surface area (Å²) < 4.78 is 11.2. The van der Waals surface area contributed by atoms with Crippen LogP contribution in [0.1, 0.15) is 17.4 Å². The van der Waals surface area contributed by atoms with Gasteiger partial charge in [0, 0.05) is 22.5 Å². The smallest absolute Gasteiger partial charge is 0.216 e. The van der Waals surface area contributed by atoms with Gasteiger partial charge in [0.25, 0.3) is 0 Å². The molecule has 106 valence electrons. The molecule has 1 atom stereocenters. The lowest BCUT2D eigenvalue weighted by Gasteiger charge is -2.15. The van der Waals surface area contributed by atoms with Gasteiger partial charge in [-0.15, -0.1) is 0 Å². The number of nitrogens with zero attached hydrogens (tertiary/aromatic N) is 2. The van der Waals surface area contributed by atoms with Crippen LogP contribution in [0, 0.1) is 0 Å². The number of methoxy groups -OCH3 is 2. The predicted molar refractivity (Wildman–Crippen MR) is 77.9 cm³/mol. The molecule has 0 aliphatic rings. The normalized spacial score (nSPS) is 12.0. The minimum atomic E-state index is -0.711. The molecule has 1 aromatic carbocycles. The van der Waals surface area contributed by atoms with Crippen molar-refractivity contribution in [2.75, 3.05) is 14.2 Å². The van der Waals surface area contributed by atoms with Crippen LogP contribution in [-0.2, 0) is 6.42 Å². The van der Waals surface area contributed by atoms with Crippen molar-refractivity contribution in [3.05, 3.63) is 46.3 Å². The second-order valence-corrected chi connectivity index (χ2v) is 5.07. The Morgan fingerprint density at radius 3 is 2.70 bits per heavy atom. The van der Waals surface area contributed by atoms with Crippen LogP contribution in [0.2, 0.25) is 0 Å². The van der Waals surface area contributed by atoms with Crippen LogP contribution in [0.15, 0.2) is 35.1 Å². The topological polar surface area (TPSA) is 64.5 Å². The molecule has 2 rings (SSSR count). The molecule has 0 amide bonds. The summed E-state index contributed by atoms with van der Waals surface area (Å²) in [5.41, 5.74) is 1.42. The van der Waals surface area contributed by atoms with Crippen LogP contribution >= 0.6 is 15.9 Å². The number of hydrogen-bond acceptors (Lipinski definition) is 5. The fraction of sp³-hybridized carbons (Fsp3) is 0.286. The predicted octanol–water partition coefficient (Wildman–Crippen LogP) is 2.53. The molecule has 2 aromatic rings. The van der Waals surface area contributed by atoms with Crippen molar-refractivity contribution in [1.82, 2.24) is 9.97 Å². The highest BCUT2D eigenvalue weighted by atomic mass is 79.9. The van der Waals surface area contributed by atoms with Gasteiger partial charge in [0.1, 0.15) is 12.1 Å². The van der Waals surface area contributed by atoms with E-state index in [-0.39, 0.29) is 0 Å². The maximum Gasteiger partial charge on any atom is 0.216 e. The molecule has 1 N–H and O–H groups in total. The monoisotopic (exact) mass is 338 g/mol. The molecule has 0 saturated carbocycles. The average molecular weight is 339 g/mol. The van der Waals surface area contributed by atoms with E-state index < -0.39 is 6.10 Å². The van der Waals surface area contributed by atoms with Gasteiger partial charge < -0.3 is 14.6 Å². The van der Waals surface area contributed by atoms with Gasteiger partial charge in [0.2, 0.25) is 5.88 Å². The van der Waals surface area contributed by atoms with Gasteiger partial charge in [0.15, 0.2) is 0 Å². The van der Waals surface area contributed by atoms with E-state index >= 15 is 0 Å². The molecule has 0 aliphatic carbocycles. The molecule has 20 heavy (non-hydrogen) atoms. The van der Waals surface area contributed by atoms with Gasteiger partial charge in [-0.3, -0.25) is 0 Å². The number of halogens is 1. The Kier molecular flexibility index (Phi) is 4.92. The fourth-order valence-corrected chi connectivity index (χ4v) is 2.21. The Bertz CT molecular complexity index is 592. The summed E-state index contributed by atoms with van der Waals surface area (Å²) >= 11 is 3.37. The number of aromatic nitrogens is 2. The summed E-state index contributed by atoms with van der Waals surface area (Å²) in [5, 5.41) is 10.3. The van der Waals surface area contributed by atoms with E-state index in [1.807, 2.05) is 18.2 Å². The van der Waals surface area contributed by atoms with Crippen molar-refractivity contribution in [3.8, 4) is 11.6 Å². The summed E-state index contributed by atoms with van der Waals surface area (Å²) in [6, 6.07) is 7.21. The maximum absolute atomic E-state index is 10.3. The summed E-state index contributed by atoms with van der Waals surface area (Å²) in [5.74, 6) is 1.11. The highest BCUT2D eigenvalue weighted by molar-refractivity contribution is 9.10. The Morgan fingerprint density at radius 2 is 2.00 bits per heavy atom. The number of aliphatic hydroxyl groups is 1. The summed E-state index contributed by atoms with van der Waals surface area (Å²) in [6.45, 7) is 0. The molecule has 0 spiro atoms. The molecule has 1 aromatic heterocycles. The van der Waals surface area contributed by atoms with E-state index in [1.54, 1.807) is 20.3 Å². The van der Waals surface area contributed by atoms with Gasteiger partial charge in [-0.05, 0) is 12.1 Å². The second-order valence-electron chi connectivity index (χ2n) is 4.16. The zero-order valence-electron chi connectivity index (χ0n) is 11.2. The number of hydrogen-bond donors (Lipinski definition) is 1. The maximum atomic E-state index is 10.3. The van der Waals surface area contributed by atoms with E-state index in [4.69, 9.17) is 9.47 Å². The third-order valence-electron chi connectivity index (χ3n) is 2.86. The lowest BCUT2D eigenvalue weighted by Crippen LogP contribution is -2.06. The van der Waals surface area contributed by atoms with Crippen LogP contribution < -0.4 is 9.47 Å². The van der Waals surface area contributed by atoms with E-state index in [0.29, 0.717) is 29.3 Å². The zero-order valence-corrected chi connectivity index (χ0v) is 12.8. The molecule has 0 fully saturated rings. The van der Waals surface area contributed by atoms with Crippen LogP contribution in [0.5, 0.6) is 11.6 Å². The second kappa shape index (κ2) is 6.67. The molecular formula is C14H15BrN2O3. The summed E-state index contributed by atoms with van der Waals surface area (Å²) in [4.78, 5) is 8.06. The third kappa shape index (κ3) is 3.46. The molecule has 1 heterocycles. The van der Waals surface area contributed by atoms with E-state index in [2.05, 4.69) is 25.9 Å². The van der Waals surface area contributed by atoms with Gasteiger partial charge in [-0.1, -0.05) is 22.0 Å². The van der Waals surface area contributed by atoms with Crippen molar-refractivity contribution in [2.45, 2.75) is 12.5 Å². The Morgan fingerprint density at radius 1 is 1.20 bits per heavy atom. The van der Waals surface area contributed by atoms with Crippen molar-refractivity contribution in [2.24, 2.45) is 0 Å². The number of rotatable bonds is 5. The summed E-state index contributed by atoms with van der Waals surface area (Å²) in [6.07, 6.45) is 1.06. The molecule has 0 aliphatic heterocycles. The minimum Gasteiger partial charge on any atom is -0.496 e. The van der Waals surface area contributed by atoms with Gasteiger partial charge in [-0.2, -0.15) is 0 Å². The van der Waals surface area contributed by atoms with Crippen LogP contribution in [0.3, 0.4) is 0 Å². The van der Waals surface area contributed by atoms with Crippen molar-refractivity contribution < 1.29 is 14.6 Å². The molecule has 1 unspecified atom stereocenters. The van der Waals surface area contributed by atoms with E-state index in [1.165, 1.54) is 6.33 Å². The average Bonchev–Trinajstić information content (AvgIpc) is 2.47. The molecular weight excluding hydrogens is 324 g/mol. The quantitative estimate of drug-likeness (QED) is 0.907. The first-order valence-electron chi connectivity index (χ1n) is 6.00. The number of ether oxygens (including phenoxy) is 2. The standard InChI is InChI=1S/C14H15BrN2O3/c1-19-13-5-9(15)3-4-11(13)12(18)6-10-7-14(20-2)17-8-16-10/h3-5,7-8,12,18H,6H2,1-2H3. The van der Waals surface area contributed by atoms with E-state index in [9.17, 15) is 5.11 Å². The Hall–Kier alpha value is -1.66. The number of aliphatic hydroxyl groups excluding tert-OH is 1.